The molecule has 4 rings (SSSR count). The first-order chi connectivity index (χ1) is 11.4. The highest BCUT2D eigenvalue weighted by Crippen LogP contribution is 2.39. The second-order valence-electron chi connectivity index (χ2n) is 5.62. The van der Waals surface area contributed by atoms with Crippen LogP contribution in [0.15, 0.2) is 46.9 Å². The minimum Gasteiger partial charge on any atom is -0.439 e. The fourth-order valence-electron chi connectivity index (χ4n) is 2.80. The van der Waals surface area contributed by atoms with Gasteiger partial charge in [-0.2, -0.15) is 0 Å². The second-order valence-corrected chi connectivity index (χ2v) is 7.37. The molecule has 0 radical (unpaired) electrons. The third-order valence-corrected chi connectivity index (χ3v) is 4.35. The SMILES string of the molecule is CS(=O)(=O)Nc1ccc2c(c1)C(c1nc3ccccc3o1)C(=O)N2. The van der Waals surface area contributed by atoms with Crippen molar-refractivity contribution in [1.82, 2.24) is 4.98 Å². The van der Waals surface area contributed by atoms with Gasteiger partial charge in [0.25, 0.3) is 0 Å². The average Bonchev–Trinajstić information content (AvgIpc) is 3.04. The third kappa shape index (κ3) is 2.50. The summed E-state index contributed by atoms with van der Waals surface area (Å²) in [7, 11) is -3.41. The first-order valence-corrected chi connectivity index (χ1v) is 9.08. The molecule has 1 aromatic heterocycles. The van der Waals surface area contributed by atoms with Gasteiger partial charge in [0.1, 0.15) is 11.4 Å². The number of sulfonamides is 1. The molecule has 1 atom stereocenters. The number of rotatable bonds is 3. The molecule has 2 aromatic carbocycles. The monoisotopic (exact) mass is 343 g/mol. The molecular formula is C16H13N3O4S. The van der Waals surface area contributed by atoms with E-state index < -0.39 is 15.9 Å². The maximum absolute atomic E-state index is 12.4. The van der Waals surface area contributed by atoms with Gasteiger partial charge in [-0.05, 0) is 35.9 Å². The van der Waals surface area contributed by atoms with Gasteiger partial charge in [0.2, 0.25) is 21.8 Å². The van der Waals surface area contributed by atoms with Gasteiger partial charge in [0.15, 0.2) is 5.58 Å². The summed E-state index contributed by atoms with van der Waals surface area (Å²) in [6.45, 7) is 0. The number of nitrogens with one attached hydrogen (secondary N) is 2. The number of oxazole rings is 1. The van der Waals surface area contributed by atoms with Gasteiger partial charge < -0.3 is 9.73 Å². The number of carbonyl (C=O) groups excluding carboxylic acids is 1. The number of nitrogens with zero attached hydrogens (tertiary/aromatic N) is 1. The quantitative estimate of drug-likeness (QED) is 0.760. The van der Waals surface area contributed by atoms with E-state index in [4.69, 9.17) is 4.42 Å². The van der Waals surface area contributed by atoms with Crippen molar-refractivity contribution in [3.8, 4) is 0 Å². The number of anilines is 2. The predicted molar refractivity (Wildman–Crippen MR) is 89.4 cm³/mol. The maximum atomic E-state index is 12.4. The van der Waals surface area contributed by atoms with Gasteiger partial charge in [0, 0.05) is 11.4 Å². The van der Waals surface area contributed by atoms with Crippen molar-refractivity contribution in [2.24, 2.45) is 0 Å². The fourth-order valence-corrected chi connectivity index (χ4v) is 3.35. The molecule has 24 heavy (non-hydrogen) atoms. The molecule has 1 amide bonds. The lowest BCUT2D eigenvalue weighted by Crippen LogP contribution is -2.13. The van der Waals surface area contributed by atoms with Gasteiger partial charge >= 0.3 is 0 Å². The summed E-state index contributed by atoms with van der Waals surface area (Å²) >= 11 is 0. The molecule has 0 saturated carbocycles. The molecule has 2 heterocycles. The third-order valence-electron chi connectivity index (χ3n) is 3.74. The van der Waals surface area contributed by atoms with Crippen LogP contribution in [-0.2, 0) is 14.8 Å². The molecule has 3 aromatic rings. The van der Waals surface area contributed by atoms with Crippen LogP contribution in [0.5, 0.6) is 0 Å². The zero-order valence-corrected chi connectivity index (χ0v) is 13.4. The molecular weight excluding hydrogens is 330 g/mol. The minimum atomic E-state index is -3.41. The van der Waals surface area contributed by atoms with Crippen molar-refractivity contribution < 1.29 is 17.6 Å². The zero-order valence-electron chi connectivity index (χ0n) is 12.6. The number of hydrogen-bond acceptors (Lipinski definition) is 5. The number of amides is 1. The van der Waals surface area contributed by atoms with Crippen LogP contribution < -0.4 is 10.0 Å². The highest BCUT2D eigenvalue weighted by Gasteiger charge is 2.36. The van der Waals surface area contributed by atoms with Crippen LogP contribution in [0, 0.1) is 0 Å². The van der Waals surface area contributed by atoms with E-state index >= 15 is 0 Å². The minimum absolute atomic E-state index is 0.256. The maximum Gasteiger partial charge on any atom is 0.241 e. The average molecular weight is 343 g/mol. The molecule has 0 bridgehead atoms. The lowest BCUT2D eigenvalue weighted by molar-refractivity contribution is -0.116. The molecule has 0 aliphatic carbocycles. The van der Waals surface area contributed by atoms with Crippen LogP contribution in [0.4, 0.5) is 11.4 Å². The highest BCUT2D eigenvalue weighted by molar-refractivity contribution is 7.92. The Kier molecular flexibility index (Phi) is 3.10. The number of para-hydroxylation sites is 2. The summed E-state index contributed by atoms with van der Waals surface area (Å²) in [5, 5.41) is 2.76. The van der Waals surface area contributed by atoms with Crippen molar-refractivity contribution >= 4 is 38.4 Å². The van der Waals surface area contributed by atoms with Crippen molar-refractivity contribution in [2.45, 2.75) is 5.92 Å². The van der Waals surface area contributed by atoms with Gasteiger partial charge in [-0.15, -0.1) is 0 Å². The lowest BCUT2D eigenvalue weighted by Gasteiger charge is -2.08. The van der Waals surface area contributed by atoms with E-state index in [9.17, 15) is 13.2 Å². The van der Waals surface area contributed by atoms with E-state index in [0.717, 1.165) is 6.26 Å². The molecule has 1 aliphatic rings. The lowest BCUT2D eigenvalue weighted by atomic mass is 10.0. The zero-order chi connectivity index (χ0) is 16.9. The molecule has 122 valence electrons. The topological polar surface area (TPSA) is 101 Å². The standard InChI is InChI=1S/C16H13N3O4S/c1-24(21,22)19-9-6-7-11-10(8-9)14(15(20)17-11)16-18-12-4-2-3-5-13(12)23-16/h2-8,14,19H,1H3,(H,17,20). The van der Waals surface area contributed by atoms with Crippen LogP contribution in [0.2, 0.25) is 0 Å². The number of fused-ring (bicyclic) bond motifs is 2. The Bertz CT molecular complexity index is 1040. The normalized spacial score (nSPS) is 16.9. The smallest absolute Gasteiger partial charge is 0.241 e. The molecule has 1 unspecified atom stereocenters. The number of benzene rings is 2. The van der Waals surface area contributed by atoms with Gasteiger partial charge in [-0.3, -0.25) is 9.52 Å². The summed E-state index contributed by atoms with van der Waals surface area (Å²) in [6, 6.07) is 12.1. The molecule has 8 heteroatoms. The van der Waals surface area contributed by atoms with Crippen LogP contribution in [-0.4, -0.2) is 25.6 Å². The van der Waals surface area contributed by atoms with E-state index in [0.29, 0.717) is 28.0 Å². The molecule has 2 N–H and O–H groups in total. The van der Waals surface area contributed by atoms with Crippen molar-refractivity contribution in [3.05, 3.63) is 53.9 Å². The Morgan fingerprint density at radius 3 is 2.75 bits per heavy atom. The highest BCUT2D eigenvalue weighted by atomic mass is 32.2. The Balaban J connectivity index is 1.81. The summed E-state index contributed by atoms with van der Waals surface area (Å²) in [4.78, 5) is 16.7. The van der Waals surface area contributed by atoms with Crippen LogP contribution in [0.1, 0.15) is 17.4 Å². The van der Waals surface area contributed by atoms with Crippen LogP contribution in [0.3, 0.4) is 0 Å². The summed E-state index contributed by atoms with van der Waals surface area (Å²) in [5.41, 5.74) is 2.89. The Hall–Kier alpha value is -2.87. The van der Waals surface area contributed by atoms with Gasteiger partial charge in [-0.25, -0.2) is 13.4 Å². The Morgan fingerprint density at radius 1 is 1.21 bits per heavy atom. The second kappa shape index (κ2) is 5.07. The number of carbonyl (C=O) groups is 1. The van der Waals surface area contributed by atoms with E-state index in [1.54, 1.807) is 30.3 Å². The first-order valence-electron chi connectivity index (χ1n) is 7.19. The Morgan fingerprint density at radius 2 is 2.00 bits per heavy atom. The molecule has 0 fully saturated rings. The van der Waals surface area contributed by atoms with E-state index in [1.807, 2.05) is 12.1 Å². The molecule has 0 saturated heterocycles. The summed E-state index contributed by atoms with van der Waals surface area (Å²) < 4.78 is 30.9. The fraction of sp³-hybridized carbons (Fsp3) is 0.125. The summed E-state index contributed by atoms with van der Waals surface area (Å²) in [6.07, 6.45) is 1.07. The van der Waals surface area contributed by atoms with E-state index in [2.05, 4.69) is 15.0 Å². The van der Waals surface area contributed by atoms with E-state index in [1.165, 1.54) is 0 Å². The Labute approximate surface area is 137 Å². The number of aromatic nitrogens is 1. The largest absolute Gasteiger partial charge is 0.439 e. The van der Waals surface area contributed by atoms with Crippen molar-refractivity contribution in [1.29, 1.82) is 0 Å². The van der Waals surface area contributed by atoms with Crippen molar-refractivity contribution in [2.75, 3.05) is 16.3 Å². The predicted octanol–water partition coefficient (Wildman–Crippen LogP) is 2.28. The molecule has 7 nitrogen and oxygen atoms in total. The summed E-state index contributed by atoms with van der Waals surface area (Å²) in [5.74, 6) is -0.689. The molecule has 0 spiro atoms. The van der Waals surface area contributed by atoms with Crippen molar-refractivity contribution in [3.63, 3.8) is 0 Å². The van der Waals surface area contributed by atoms with Gasteiger partial charge in [0.05, 0.1) is 6.26 Å². The van der Waals surface area contributed by atoms with E-state index in [-0.39, 0.29) is 11.8 Å². The van der Waals surface area contributed by atoms with Crippen LogP contribution in [0.25, 0.3) is 11.1 Å². The first kappa shape index (κ1) is 14.7. The van der Waals surface area contributed by atoms with Crippen LogP contribution >= 0.6 is 0 Å². The number of hydrogen-bond donors (Lipinski definition) is 2. The molecule has 1 aliphatic heterocycles. The van der Waals surface area contributed by atoms with Gasteiger partial charge in [-0.1, -0.05) is 12.1 Å².